The minimum Gasteiger partial charge on any atom is -0.382 e. The van der Waals surface area contributed by atoms with Crippen molar-refractivity contribution in [1.29, 1.82) is 0 Å². The van der Waals surface area contributed by atoms with E-state index in [1.165, 1.54) is 10.9 Å². The molecule has 3 aliphatic rings. The zero-order valence-corrected chi connectivity index (χ0v) is 24.4. The molecule has 6 unspecified atom stereocenters. The Hall–Kier alpha value is -3.30. The number of nitrogen functional groups attached to an aromatic ring is 2. The number of alkyl halides is 2. The third-order valence-corrected chi connectivity index (χ3v) is 9.40. The molecule has 242 valence electrons. The third-order valence-electron chi connectivity index (χ3n) is 7.38. The number of hydrogen-bond acceptors (Lipinski definition) is 16. The first-order valence-corrected chi connectivity index (χ1v) is 16.4. The molecule has 6 N–H and O–H groups in total. The lowest BCUT2D eigenvalue weighted by Crippen LogP contribution is -2.35. The molecule has 0 amide bonds. The largest absolute Gasteiger partial charge is 0.472 e. The predicted octanol–water partition coefficient (Wildman–Crippen LogP) is 0.362. The summed E-state index contributed by atoms with van der Waals surface area (Å²) in [6.45, 7) is -1.63. The number of halogens is 2. The highest BCUT2D eigenvalue weighted by Gasteiger charge is 2.53. The summed E-state index contributed by atoms with van der Waals surface area (Å²) in [5.41, 5.74) is 12.1. The first-order valence-electron chi connectivity index (χ1n) is 13.1. The number of nitrogens with two attached hydrogens (primary N) is 2. The van der Waals surface area contributed by atoms with Crippen LogP contribution < -0.4 is 11.5 Å². The maximum absolute atomic E-state index is 15.9. The second kappa shape index (κ2) is 11.2. The van der Waals surface area contributed by atoms with Crippen LogP contribution in [0, 0.1) is 0 Å². The molecule has 7 heterocycles. The molecule has 7 rings (SSSR count). The van der Waals surface area contributed by atoms with E-state index >= 15 is 8.78 Å². The Bertz CT molecular complexity index is 1850. The Morgan fingerprint density at radius 1 is 0.778 bits per heavy atom. The zero-order valence-electron chi connectivity index (χ0n) is 22.6. The van der Waals surface area contributed by atoms with E-state index in [1.807, 2.05) is 0 Å². The molecular weight excluding hydrogens is 652 g/mol. The van der Waals surface area contributed by atoms with E-state index in [-0.39, 0.29) is 34.0 Å². The van der Waals surface area contributed by atoms with Crippen LogP contribution in [-0.2, 0) is 36.9 Å². The fraction of sp³-hybridized carbons (Fsp3) is 0.524. The molecule has 4 aromatic heterocycles. The van der Waals surface area contributed by atoms with Crippen LogP contribution in [0.1, 0.15) is 12.5 Å². The van der Waals surface area contributed by atoms with Crippen molar-refractivity contribution < 1.29 is 55.5 Å². The number of nitrogens with zero attached hydrogens (tertiary/aromatic N) is 8. The Balaban J connectivity index is 1.16. The summed E-state index contributed by atoms with van der Waals surface area (Å²) >= 11 is 0. The minimum atomic E-state index is -5.14. The molecule has 20 nitrogen and oxygen atoms in total. The molecule has 0 bridgehead atoms. The molecule has 3 saturated heterocycles. The quantitative estimate of drug-likeness (QED) is 0.209. The van der Waals surface area contributed by atoms with Gasteiger partial charge < -0.3 is 40.0 Å². The van der Waals surface area contributed by atoms with Gasteiger partial charge in [0.25, 0.3) is 0 Å². The van der Waals surface area contributed by atoms with Crippen molar-refractivity contribution in [3.05, 3.63) is 25.3 Å². The summed E-state index contributed by atoms with van der Waals surface area (Å²) < 4.78 is 92.4. The normalized spacial score (nSPS) is 38.0. The van der Waals surface area contributed by atoms with Crippen LogP contribution in [0.2, 0.25) is 0 Å². The van der Waals surface area contributed by atoms with E-state index in [1.54, 1.807) is 0 Å². The van der Waals surface area contributed by atoms with Crippen LogP contribution >= 0.6 is 15.4 Å². The highest BCUT2D eigenvalue weighted by molar-refractivity contribution is 7.52. The summed E-state index contributed by atoms with van der Waals surface area (Å²) in [6, 6.07) is 0. The van der Waals surface area contributed by atoms with Gasteiger partial charge in [0.05, 0.1) is 25.9 Å². The lowest BCUT2D eigenvalue weighted by Gasteiger charge is -2.23. The molecule has 45 heavy (non-hydrogen) atoms. The summed E-state index contributed by atoms with van der Waals surface area (Å²) in [7, 11) is -9.81. The van der Waals surface area contributed by atoms with Crippen molar-refractivity contribution in [2.75, 3.05) is 31.0 Å². The lowest BCUT2D eigenvalue weighted by molar-refractivity contribution is -0.0580. The molecule has 3 fully saturated rings. The maximum Gasteiger partial charge on any atom is 0.472 e. The topological polar surface area (TPSA) is 269 Å². The third kappa shape index (κ3) is 5.46. The van der Waals surface area contributed by atoms with Crippen LogP contribution in [0.4, 0.5) is 20.4 Å². The van der Waals surface area contributed by atoms with Gasteiger partial charge in [-0.05, 0) is 0 Å². The second-order valence-corrected chi connectivity index (χ2v) is 13.4. The molecule has 3 aliphatic heterocycles. The molecule has 0 spiro atoms. The summed E-state index contributed by atoms with van der Waals surface area (Å²) in [4.78, 5) is 44.9. The first kappa shape index (κ1) is 30.4. The standard InChI is InChI=1S/C21H24F2N10O10P2/c22-10-14-8(41-20(10)32-5-30-12-16(24)26-3-28-18(12)32)2-40-45(36,37)43-15-9(1-39-44(34,35)7-38-14)42-21(11(15)23)33-6-31-13-17(25)27-4-29-19(13)33/h3-6,8-11,14-15,20-21H,1-2,7H2,(H,34,35)(H,36,37)(H2,24,26,28)(H2,25,27,29)/t8-,9-,10?,11?,14?,15?,20-,21-/m1/s1. The van der Waals surface area contributed by atoms with Gasteiger partial charge in [0.15, 0.2) is 47.7 Å². The van der Waals surface area contributed by atoms with Gasteiger partial charge in [-0.25, -0.2) is 43.2 Å². The van der Waals surface area contributed by atoms with Crippen molar-refractivity contribution in [3.63, 3.8) is 0 Å². The smallest absolute Gasteiger partial charge is 0.382 e. The Labute approximate surface area is 249 Å². The molecule has 0 saturated carbocycles. The number of phosphoric acid groups is 1. The van der Waals surface area contributed by atoms with Crippen LogP contribution in [0.15, 0.2) is 25.3 Å². The van der Waals surface area contributed by atoms with Crippen LogP contribution in [0.5, 0.6) is 0 Å². The van der Waals surface area contributed by atoms with Crippen LogP contribution in [0.25, 0.3) is 22.3 Å². The monoisotopic (exact) mass is 676 g/mol. The average Bonchev–Trinajstić information content (AvgIpc) is 3.75. The number of anilines is 2. The van der Waals surface area contributed by atoms with Crippen molar-refractivity contribution in [3.8, 4) is 0 Å². The van der Waals surface area contributed by atoms with Crippen LogP contribution in [0.3, 0.4) is 0 Å². The van der Waals surface area contributed by atoms with Gasteiger partial charge in [-0.15, -0.1) is 0 Å². The number of hydrogen-bond donors (Lipinski definition) is 4. The molecule has 0 radical (unpaired) electrons. The molecule has 0 aromatic carbocycles. The van der Waals surface area contributed by atoms with Gasteiger partial charge in [-0.2, -0.15) is 0 Å². The fourth-order valence-corrected chi connectivity index (χ4v) is 7.07. The molecule has 10 atom stereocenters. The van der Waals surface area contributed by atoms with Gasteiger partial charge in [-0.1, -0.05) is 0 Å². The Morgan fingerprint density at radius 3 is 1.87 bits per heavy atom. The van der Waals surface area contributed by atoms with E-state index < -0.39 is 84.2 Å². The SMILES string of the molecule is Nc1ncnc2c1ncn2[C@@H]1O[C@@H]2COP(=O)(O)OC3C(F)[C@H](n4cnc5c(N)ncnc54)O[C@@H]3COP(=O)(O)COC2C1F. The number of phosphoric ester groups is 1. The zero-order chi connectivity index (χ0) is 31.7. The average molecular weight is 676 g/mol. The summed E-state index contributed by atoms with van der Waals surface area (Å²) in [6.07, 6.45) is -10.2. The van der Waals surface area contributed by atoms with Crippen LogP contribution in [-0.4, -0.2) is 105 Å². The van der Waals surface area contributed by atoms with Crippen molar-refractivity contribution in [2.45, 2.75) is 49.2 Å². The summed E-state index contributed by atoms with van der Waals surface area (Å²) in [5, 5.41) is 0. The number of aromatic nitrogens is 8. The predicted molar refractivity (Wildman–Crippen MR) is 143 cm³/mol. The fourth-order valence-electron chi connectivity index (χ4n) is 5.30. The van der Waals surface area contributed by atoms with Gasteiger partial charge in [0.1, 0.15) is 54.5 Å². The van der Waals surface area contributed by atoms with Gasteiger partial charge >= 0.3 is 15.4 Å². The molecule has 0 aliphatic carbocycles. The van der Waals surface area contributed by atoms with Gasteiger partial charge in [0, 0.05) is 0 Å². The van der Waals surface area contributed by atoms with Crippen molar-refractivity contribution >= 4 is 49.4 Å². The van der Waals surface area contributed by atoms with E-state index in [0.717, 1.165) is 23.5 Å². The maximum atomic E-state index is 15.9. The highest BCUT2D eigenvalue weighted by Crippen LogP contribution is 2.52. The number of imidazole rings is 2. The second-order valence-electron chi connectivity index (χ2n) is 10.2. The molecule has 4 aromatic rings. The number of ether oxygens (including phenoxy) is 3. The van der Waals surface area contributed by atoms with Crippen molar-refractivity contribution in [2.24, 2.45) is 0 Å². The molecule has 24 heteroatoms. The highest BCUT2D eigenvalue weighted by atomic mass is 31.2. The minimum absolute atomic E-state index is 0.00703. The summed E-state index contributed by atoms with van der Waals surface area (Å²) in [5.74, 6) is 0.0276. The van der Waals surface area contributed by atoms with Gasteiger partial charge in [0.2, 0.25) is 0 Å². The number of fused-ring (bicyclic) bond motifs is 4. The van der Waals surface area contributed by atoms with Crippen molar-refractivity contribution in [1.82, 2.24) is 39.0 Å². The molecular formula is C21H24F2N10O10P2. The van der Waals surface area contributed by atoms with E-state index in [2.05, 4.69) is 29.9 Å². The first-order chi connectivity index (χ1) is 21.4. The van der Waals surface area contributed by atoms with E-state index in [4.69, 9.17) is 39.2 Å². The lowest BCUT2D eigenvalue weighted by atomic mass is 10.1. The number of rotatable bonds is 2. The Kier molecular flexibility index (Phi) is 7.55. The van der Waals surface area contributed by atoms with E-state index in [0.29, 0.717) is 0 Å². The van der Waals surface area contributed by atoms with Gasteiger partial charge in [-0.3, -0.25) is 22.7 Å². The Morgan fingerprint density at radius 2 is 1.29 bits per heavy atom. The van der Waals surface area contributed by atoms with E-state index in [9.17, 15) is 18.9 Å².